The Morgan fingerprint density at radius 2 is 1.35 bits per heavy atom. The quantitative estimate of drug-likeness (QED) is 0.112. The molecule has 0 unspecified atom stereocenters. The molecular weight excluding hydrogens is 1050 g/mol. The van der Waals surface area contributed by atoms with Crippen molar-refractivity contribution in [1.82, 2.24) is 19.5 Å². The number of furan rings is 1. The van der Waals surface area contributed by atoms with Crippen LogP contribution in [-0.2, 0) is 31.9 Å². The van der Waals surface area contributed by atoms with Crippen LogP contribution in [-0.4, -0.2) is 32.8 Å². The summed E-state index contributed by atoms with van der Waals surface area (Å²) in [6.07, 6.45) is 3.27. The first-order chi connectivity index (χ1) is 31.2. The Labute approximate surface area is 406 Å². The van der Waals surface area contributed by atoms with E-state index in [4.69, 9.17) is 19.4 Å². The van der Waals surface area contributed by atoms with Crippen LogP contribution in [0.15, 0.2) is 162 Å². The number of aromatic nitrogens is 4. The first-order valence-electron chi connectivity index (χ1n) is 22.7. The summed E-state index contributed by atoms with van der Waals surface area (Å²) in [7, 11) is 0. The Bertz CT molecular complexity index is 3230. The van der Waals surface area contributed by atoms with Crippen LogP contribution < -0.4 is 4.40 Å². The number of benzene rings is 6. The zero-order chi connectivity index (χ0) is 45.5. The zero-order valence-electron chi connectivity index (χ0n) is 39.3. The van der Waals surface area contributed by atoms with Crippen LogP contribution in [0.4, 0.5) is 0 Å². The minimum Gasteiger partial charge on any atom is -0.486 e. The van der Waals surface area contributed by atoms with Crippen LogP contribution in [0.1, 0.15) is 51.4 Å². The van der Waals surface area contributed by atoms with Gasteiger partial charge in [-0.2, -0.15) is 0 Å². The normalized spacial score (nSPS) is 11.8. The Morgan fingerprint density at radius 1 is 0.697 bits per heavy atom. The molecule has 6 aromatic carbocycles. The molecule has 4 aromatic heterocycles. The summed E-state index contributed by atoms with van der Waals surface area (Å²) >= 11 is -1.86. The van der Waals surface area contributed by atoms with E-state index in [1.54, 1.807) is 4.40 Å². The van der Waals surface area contributed by atoms with Gasteiger partial charge in [0, 0.05) is 42.3 Å². The van der Waals surface area contributed by atoms with Crippen LogP contribution >= 0.6 is 0 Å². The number of imidazole rings is 1. The van der Waals surface area contributed by atoms with E-state index in [-0.39, 0.29) is 25.5 Å². The van der Waals surface area contributed by atoms with Crippen molar-refractivity contribution in [3.05, 3.63) is 187 Å². The first-order valence-corrected chi connectivity index (χ1v) is 30.0. The third-order valence-electron chi connectivity index (χ3n) is 12.0. The monoisotopic (exact) mass is 1100 g/mol. The molecule has 0 N–H and O–H groups in total. The molecule has 10 rings (SSSR count). The molecule has 0 bridgehead atoms. The molecule has 0 aliphatic carbocycles. The fraction of sp³-hybridized carbons (Fsp3) is 0.203. The molecule has 4 heterocycles. The van der Waals surface area contributed by atoms with Gasteiger partial charge in [-0.1, -0.05) is 105 Å². The Balaban J connectivity index is 0.000000238. The predicted octanol–water partition coefficient (Wildman–Crippen LogP) is 15.0. The predicted molar refractivity (Wildman–Crippen MR) is 275 cm³/mol. The van der Waals surface area contributed by atoms with Crippen molar-refractivity contribution in [2.75, 3.05) is 0 Å². The number of fused-ring (bicyclic) bond motifs is 4. The first kappa shape index (κ1) is 46.6. The van der Waals surface area contributed by atoms with Gasteiger partial charge in [0.05, 0.1) is 28.1 Å². The minimum atomic E-state index is -1.86. The maximum absolute atomic E-state index is 6.50. The van der Waals surface area contributed by atoms with Gasteiger partial charge in [0.25, 0.3) is 0 Å². The summed E-state index contributed by atoms with van der Waals surface area (Å²) in [5.41, 5.74) is 15.5. The maximum atomic E-state index is 6.50. The second kappa shape index (κ2) is 19.1. The maximum Gasteiger partial charge on any atom is 0.216 e. The van der Waals surface area contributed by atoms with Crippen LogP contribution in [0, 0.1) is 25.0 Å². The number of aryl methyl sites for hydroxylation is 1. The van der Waals surface area contributed by atoms with Gasteiger partial charge in [0.2, 0.25) is 5.71 Å². The number of nitrogens with zero attached hydrogens (tertiary/aromatic N) is 4. The molecular formula is C59H56GeIrN4O-2. The van der Waals surface area contributed by atoms with Crippen LogP contribution in [0.3, 0.4) is 0 Å². The van der Waals surface area contributed by atoms with Crippen molar-refractivity contribution < 1.29 is 24.5 Å². The van der Waals surface area contributed by atoms with E-state index < -0.39 is 13.3 Å². The van der Waals surface area contributed by atoms with Gasteiger partial charge in [-0.25, -0.2) is 4.98 Å². The number of hydrogen-bond donors (Lipinski definition) is 0. The van der Waals surface area contributed by atoms with Crippen molar-refractivity contribution >= 4 is 50.8 Å². The number of para-hydroxylation sites is 2. The smallest absolute Gasteiger partial charge is 0.216 e. The Hall–Kier alpha value is -5.92. The van der Waals surface area contributed by atoms with E-state index in [1.165, 1.54) is 11.1 Å². The van der Waals surface area contributed by atoms with Gasteiger partial charge in [-0.3, -0.25) is 4.98 Å². The third kappa shape index (κ3) is 9.51. The van der Waals surface area contributed by atoms with Crippen molar-refractivity contribution in [3.63, 3.8) is 0 Å². The number of pyridine rings is 2. The third-order valence-corrected chi connectivity index (χ3v) is 16.3. The van der Waals surface area contributed by atoms with E-state index >= 15 is 0 Å². The second-order valence-electron chi connectivity index (χ2n) is 19.5. The topological polar surface area (TPSA) is 56.7 Å². The molecule has 7 heteroatoms. The van der Waals surface area contributed by atoms with Crippen molar-refractivity contribution in [3.8, 4) is 50.6 Å². The molecule has 0 fully saturated rings. The van der Waals surface area contributed by atoms with Crippen LogP contribution in [0.25, 0.3) is 83.7 Å². The van der Waals surface area contributed by atoms with Gasteiger partial charge >= 0.3 is 126 Å². The van der Waals surface area contributed by atoms with E-state index in [0.29, 0.717) is 11.6 Å². The molecule has 10 aromatic rings. The molecule has 333 valence electrons. The van der Waals surface area contributed by atoms with Crippen LogP contribution in [0.2, 0.25) is 17.3 Å². The fourth-order valence-electron chi connectivity index (χ4n) is 8.77. The van der Waals surface area contributed by atoms with Crippen molar-refractivity contribution in [2.24, 2.45) is 5.92 Å². The molecule has 1 radical (unpaired) electrons. The largest absolute Gasteiger partial charge is 0.486 e. The Kier molecular flexibility index (Phi) is 13.5. The zero-order valence-corrected chi connectivity index (χ0v) is 43.8. The van der Waals surface area contributed by atoms with Gasteiger partial charge in [-0.15, -0.1) is 18.2 Å². The SMILES string of the molecule is CC(C)Cc1cc(-c2[c-]cccc2)nc[c]1[Ge]([CH3])([CH3])[CH3].Cc1ccc2c(n1)oc1c(-c3nc4ccccc4n3-c3c(-c4ccccc4)cc(C(C)(C)C)cc3-c3ccccc3)[c-]ccc12.[Ir]. The average Bonchev–Trinajstić information content (AvgIpc) is 3.87. The summed E-state index contributed by atoms with van der Waals surface area (Å²) in [5.74, 6) is 8.77. The summed E-state index contributed by atoms with van der Waals surface area (Å²) < 4.78 is 10.4. The van der Waals surface area contributed by atoms with E-state index in [1.807, 2.05) is 43.3 Å². The molecule has 0 aliphatic heterocycles. The van der Waals surface area contributed by atoms with Gasteiger partial charge < -0.3 is 8.98 Å². The van der Waals surface area contributed by atoms with Gasteiger partial charge in [-0.05, 0) is 65.4 Å². The number of hydrogen-bond acceptors (Lipinski definition) is 4. The van der Waals surface area contributed by atoms with Crippen molar-refractivity contribution in [2.45, 2.75) is 70.6 Å². The molecule has 0 atom stereocenters. The summed E-state index contributed by atoms with van der Waals surface area (Å²) in [6.45, 7) is 13.4. The standard InChI is InChI=1S/C41H32N3O.C18H24GeN.Ir/c1-26-22-23-31-30-18-13-19-32(38(30)45-40(31)42-26)39-43-35-20-11-12-21-36(35)44(39)37-33(27-14-7-5-8-15-27)24-29(41(2,3)4)25-34(37)28-16-9-6-10-17-28;1-14(2)11-16-12-18(15-9-7-6-8-10-15)20-13-17(16)19(3,4)5;/h5-18,20-25H,1-4H3;6-9,12-14H,11H2,1-5H3;/q2*-1;. The molecule has 0 amide bonds. The number of rotatable bonds is 8. The molecule has 0 saturated carbocycles. The summed E-state index contributed by atoms with van der Waals surface area (Å²) in [4.78, 5) is 14.7. The molecule has 0 spiro atoms. The molecule has 0 saturated heterocycles. The average molecular weight is 1100 g/mol. The molecule has 5 nitrogen and oxygen atoms in total. The summed E-state index contributed by atoms with van der Waals surface area (Å²) in [6, 6.07) is 59.7. The minimum absolute atomic E-state index is 0. The fourth-order valence-corrected chi connectivity index (χ4v) is 12.1. The van der Waals surface area contributed by atoms with E-state index in [2.05, 4.69) is 190 Å². The molecule has 0 aliphatic rings. The van der Waals surface area contributed by atoms with E-state index in [9.17, 15) is 0 Å². The van der Waals surface area contributed by atoms with Crippen molar-refractivity contribution in [1.29, 1.82) is 0 Å². The van der Waals surface area contributed by atoms with E-state index in [0.717, 1.165) is 90.1 Å². The van der Waals surface area contributed by atoms with Crippen LogP contribution in [0.5, 0.6) is 0 Å². The second-order valence-corrected chi connectivity index (χ2v) is 30.1. The van der Waals surface area contributed by atoms with Gasteiger partial charge in [0.15, 0.2) is 0 Å². The summed E-state index contributed by atoms with van der Waals surface area (Å²) in [5, 5.41) is 1.98. The molecule has 66 heavy (non-hydrogen) atoms. The van der Waals surface area contributed by atoms with Gasteiger partial charge in [0.1, 0.15) is 0 Å². The Morgan fingerprint density at radius 3 is 1.97 bits per heavy atom.